The zero-order valence-electron chi connectivity index (χ0n) is 16.4. The normalized spacial score (nSPS) is 15.0. The van der Waals surface area contributed by atoms with E-state index in [4.69, 9.17) is 0 Å². The second-order valence-corrected chi connectivity index (χ2v) is 7.43. The fraction of sp³-hybridized carbons (Fsp3) is 0.333. The van der Waals surface area contributed by atoms with Gasteiger partial charge in [0.25, 0.3) is 5.91 Å². The van der Waals surface area contributed by atoms with E-state index < -0.39 is 0 Å². The number of rotatable bonds is 6. The first-order valence-electron chi connectivity index (χ1n) is 9.99. The highest BCUT2D eigenvalue weighted by Crippen LogP contribution is 2.21. The van der Waals surface area contributed by atoms with E-state index in [1.54, 1.807) is 6.08 Å². The van der Waals surface area contributed by atoms with Gasteiger partial charge in [-0.3, -0.25) is 9.59 Å². The molecule has 1 N–H and O–H groups in total. The van der Waals surface area contributed by atoms with Gasteiger partial charge in [0, 0.05) is 31.3 Å². The molecule has 0 bridgehead atoms. The molecule has 1 fully saturated rings. The number of carbonyl (C=O) groups excluding carboxylic acids is 2. The average Bonchev–Trinajstić information content (AvgIpc) is 2.73. The quantitative estimate of drug-likeness (QED) is 0.773. The van der Waals surface area contributed by atoms with Gasteiger partial charge in [0.15, 0.2) is 0 Å². The predicted octanol–water partition coefficient (Wildman–Crippen LogP) is 4.07. The van der Waals surface area contributed by atoms with Crippen molar-refractivity contribution in [3.05, 3.63) is 77.4 Å². The lowest BCUT2D eigenvalue weighted by Gasteiger charge is -2.32. The van der Waals surface area contributed by atoms with Crippen LogP contribution in [0.5, 0.6) is 0 Å². The van der Waals surface area contributed by atoms with Gasteiger partial charge in [-0.2, -0.15) is 0 Å². The minimum absolute atomic E-state index is 0.0594. The lowest BCUT2D eigenvalue weighted by Crippen LogP contribution is -2.39. The van der Waals surface area contributed by atoms with E-state index >= 15 is 0 Å². The number of hydrogen-bond donors (Lipinski definition) is 1. The molecule has 0 radical (unpaired) electrons. The Balaban J connectivity index is 1.36. The zero-order valence-corrected chi connectivity index (χ0v) is 16.4. The predicted molar refractivity (Wildman–Crippen MR) is 113 cm³/mol. The van der Waals surface area contributed by atoms with Crippen LogP contribution in [0.3, 0.4) is 0 Å². The molecule has 4 heteroatoms. The molecule has 1 aliphatic rings. The summed E-state index contributed by atoms with van der Waals surface area (Å²) in [4.78, 5) is 26.4. The van der Waals surface area contributed by atoms with Crippen LogP contribution in [-0.2, 0) is 4.79 Å². The van der Waals surface area contributed by atoms with Crippen LogP contribution >= 0.6 is 0 Å². The van der Waals surface area contributed by atoms with E-state index in [0.29, 0.717) is 12.5 Å². The summed E-state index contributed by atoms with van der Waals surface area (Å²) in [6.45, 7) is 4.28. The molecular weight excluding hydrogens is 348 g/mol. The lowest BCUT2D eigenvalue weighted by molar-refractivity contribution is -0.116. The van der Waals surface area contributed by atoms with Crippen molar-refractivity contribution in [2.24, 2.45) is 5.92 Å². The second kappa shape index (κ2) is 9.88. The summed E-state index contributed by atoms with van der Waals surface area (Å²) in [6.07, 6.45) is 6.35. The number of aryl methyl sites for hydroxylation is 1. The average molecular weight is 377 g/mol. The molecule has 0 saturated carbocycles. The summed E-state index contributed by atoms with van der Waals surface area (Å²) in [7, 11) is 0. The Labute approximate surface area is 167 Å². The molecule has 0 spiro atoms. The molecule has 2 aromatic carbocycles. The molecule has 1 aliphatic heterocycles. The number of nitrogens with zero attached hydrogens (tertiary/aromatic N) is 1. The largest absolute Gasteiger partial charge is 0.353 e. The molecule has 1 saturated heterocycles. The van der Waals surface area contributed by atoms with Crippen molar-refractivity contribution < 1.29 is 9.59 Å². The number of amides is 2. The Morgan fingerprint density at radius 2 is 1.71 bits per heavy atom. The first-order chi connectivity index (χ1) is 13.6. The Morgan fingerprint density at radius 1 is 1.04 bits per heavy atom. The van der Waals surface area contributed by atoms with Crippen LogP contribution in [0.4, 0.5) is 0 Å². The van der Waals surface area contributed by atoms with E-state index in [9.17, 15) is 9.59 Å². The third-order valence-electron chi connectivity index (χ3n) is 5.28. The minimum atomic E-state index is -0.0594. The molecule has 3 rings (SSSR count). The highest BCUT2D eigenvalue weighted by molar-refractivity contribution is 5.94. The third kappa shape index (κ3) is 5.81. The zero-order chi connectivity index (χ0) is 19.8. The standard InChI is InChI=1S/C24H28N2O2/c1-19-7-10-22(11-8-19)24(28)26-17-14-21(15-18-26)13-16-25-23(27)12-9-20-5-3-2-4-6-20/h2-12,21H,13-18H2,1H3,(H,25,27). The van der Waals surface area contributed by atoms with Gasteiger partial charge in [-0.05, 0) is 55.9 Å². The van der Waals surface area contributed by atoms with Crippen molar-refractivity contribution in [2.75, 3.05) is 19.6 Å². The van der Waals surface area contributed by atoms with Crippen LogP contribution in [0.15, 0.2) is 60.7 Å². The lowest BCUT2D eigenvalue weighted by atomic mass is 9.93. The van der Waals surface area contributed by atoms with E-state index in [0.717, 1.165) is 49.0 Å². The van der Waals surface area contributed by atoms with Gasteiger partial charge in [0.2, 0.25) is 5.91 Å². The van der Waals surface area contributed by atoms with E-state index in [1.165, 1.54) is 0 Å². The molecule has 2 aromatic rings. The monoisotopic (exact) mass is 376 g/mol. The topological polar surface area (TPSA) is 49.4 Å². The molecular formula is C24H28N2O2. The highest BCUT2D eigenvalue weighted by Gasteiger charge is 2.23. The number of likely N-dealkylation sites (tertiary alicyclic amines) is 1. The van der Waals surface area contributed by atoms with Gasteiger partial charge >= 0.3 is 0 Å². The van der Waals surface area contributed by atoms with Gasteiger partial charge in [-0.1, -0.05) is 48.0 Å². The second-order valence-electron chi connectivity index (χ2n) is 7.43. The van der Waals surface area contributed by atoms with Crippen LogP contribution in [0.2, 0.25) is 0 Å². The Morgan fingerprint density at radius 3 is 2.39 bits per heavy atom. The summed E-state index contributed by atoms with van der Waals surface area (Å²) < 4.78 is 0. The van der Waals surface area contributed by atoms with Crippen molar-refractivity contribution >= 4 is 17.9 Å². The van der Waals surface area contributed by atoms with Crippen LogP contribution < -0.4 is 5.32 Å². The molecule has 28 heavy (non-hydrogen) atoms. The van der Waals surface area contributed by atoms with Crippen LogP contribution in [0, 0.1) is 12.8 Å². The number of nitrogens with one attached hydrogen (secondary N) is 1. The molecule has 146 valence electrons. The fourth-order valence-corrected chi connectivity index (χ4v) is 3.50. The van der Waals surface area contributed by atoms with Gasteiger partial charge in [0.1, 0.15) is 0 Å². The number of benzene rings is 2. The summed E-state index contributed by atoms with van der Waals surface area (Å²) in [5, 5.41) is 2.96. The Hall–Kier alpha value is -2.88. The molecule has 0 atom stereocenters. The Bertz CT molecular complexity index is 804. The van der Waals surface area contributed by atoms with Gasteiger partial charge in [-0.25, -0.2) is 0 Å². The summed E-state index contributed by atoms with van der Waals surface area (Å²) in [6, 6.07) is 17.6. The molecule has 4 nitrogen and oxygen atoms in total. The fourth-order valence-electron chi connectivity index (χ4n) is 3.50. The van der Waals surface area contributed by atoms with Gasteiger partial charge < -0.3 is 10.2 Å². The number of carbonyl (C=O) groups is 2. The van der Waals surface area contributed by atoms with Crippen molar-refractivity contribution in [3.8, 4) is 0 Å². The SMILES string of the molecule is Cc1ccc(C(=O)N2CCC(CCNC(=O)C=Cc3ccccc3)CC2)cc1. The summed E-state index contributed by atoms with van der Waals surface area (Å²) in [5.41, 5.74) is 2.95. The van der Waals surface area contributed by atoms with Crippen LogP contribution in [-0.4, -0.2) is 36.3 Å². The first-order valence-corrected chi connectivity index (χ1v) is 9.99. The van der Waals surface area contributed by atoms with Crippen molar-refractivity contribution in [2.45, 2.75) is 26.2 Å². The molecule has 0 aromatic heterocycles. The number of hydrogen-bond acceptors (Lipinski definition) is 2. The molecule has 0 unspecified atom stereocenters. The number of piperidine rings is 1. The van der Waals surface area contributed by atoms with Gasteiger partial charge in [0.05, 0.1) is 0 Å². The summed E-state index contributed by atoms with van der Waals surface area (Å²) >= 11 is 0. The van der Waals surface area contributed by atoms with Crippen molar-refractivity contribution in [1.29, 1.82) is 0 Å². The van der Waals surface area contributed by atoms with Crippen LogP contribution in [0.25, 0.3) is 6.08 Å². The maximum atomic E-state index is 12.6. The summed E-state index contributed by atoms with van der Waals surface area (Å²) in [5.74, 6) is 0.620. The third-order valence-corrected chi connectivity index (χ3v) is 5.28. The molecule has 1 heterocycles. The van der Waals surface area contributed by atoms with E-state index in [2.05, 4.69) is 5.32 Å². The van der Waals surface area contributed by atoms with Crippen molar-refractivity contribution in [3.63, 3.8) is 0 Å². The molecule has 2 amide bonds. The minimum Gasteiger partial charge on any atom is -0.353 e. The van der Waals surface area contributed by atoms with E-state index in [1.807, 2.05) is 72.5 Å². The van der Waals surface area contributed by atoms with Crippen molar-refractivity contribution in [1.82, 2.24) is 10.2 Å². The maximum Gasteiger partial charge on any atom is 0.253 e. The first kappa shape index (κ1) is 19.9. The maximum absolute atomic E-state index is 12.6. The van der Waals surface area contributed by atoms with Gasteiger partial charge in [-0.15, -0.1) is 0 Å². The smallest absolute Gasteiger partial charge is 0.253 e. The highest BCUT2D eigenvalue weighted by atomic mass is 16.2. The Kier molecular flexibility index (Phi) is 7.01. The van der Waals surface area contributed by atoms with Crippen LogP contribution in [0.1, 0.15) is 40.7 Å². The molecule has 0 aliphatic carbocycles. The van der Waals surface area contributed by atoms with E-state index in [-0.39, 0.29) is 11.8 Å².